The third-order valence-electron chi connectivity index (χ3n) is 5.72. The summed E-state index contributed by atoms with van der Waals surface area (Å²) in [5.74, 6) is 0.446. The van der Waals surface area contributed by atoms with Crippen LogP contribution >= 0.6 is 27.5 Å². The van der Waals surface area contributed by atoms with Gasteiger partial charge in [0.05, 0.1) is 29.5 Å². The minimum absolute atomic E-state index is 0.0151. The highest BCUT2D eigenvalue weighted by atomic mass is 79.9. The fourth-order valence-electron chi connectivity index (χ4n) is 4.13. The van der Waals surface area contributed by atoms with Crippen LogP contribution in [0.2, 0.25) is 5.02 Å². The van der Waals surface area contributed by atoms with Crippen molar-refractivity contribution in [2.75, 3.05) is 7.11 Å². The summed E-state index contributed by atoms with van der Waals surface area (Å²) < 4.78 is 23.3. The van der Waals surface area contributed by atoms with E-state index in [1.165, 1.54) is 0 Å². The van der Waals surface area contributed by atoms with E-state index in [9.17, 15) is 9.59 Å². The third kappa shape index (κ3) is 4.17. The number of hydrogen-bond donors (Lipinski definition) is 0. The number of hydrogen-bond acceptors (Lipinski definition) is 6. The summed E-state index contributed by atoms with van der Waals surface area (Å²) >= 11 is 9.65. The van der Waals surface area contributed by atoms with Crippen LogP contribution in [0.5, 0.6) is 17.2 Å². The molecule has 6 nitrogen and oxygen atoms in total. The molecule has 2 heterocycles. The van der Waals surface area contributed by atoms with E-state index < -0.39 is 17.5 Å². The lowest BCUT2D eigenvalue weighted by Gasteiger charge is -2.25. The first-order chi connectivity index (χ1) is 16.4. The number of fused-ring (bicyclic) bond motifs is 3. The Morgan fingerprint density at radius 2 is 1.85 bits per heavy atom. The summed E-state index contributed by atoms with van der Waals surface area (Å²) in [7, 11) is 1.57. The smallest absolute Gasteiger partial charge is 0.343 e. The van der Waals surface area contributed by atoms with Crippen molar-refractivity contribution in [3.8, 4) is 17.2 Å². The van der Waals surface area contributed by atoms with Crippen LogP contribution < -0.4 is 19.8 Å². The second kappa shape index (κ2) is 9.16. The molecule has 0 fully saturated rings. The Kier molecular flexibility index (Phi) is 6.06. The summed E-state index contributed by atoms with van der Waals surface area (Å²) in [6.45, 7) is 0.175. The fourth-order valence-corrected chi connectivity index (χ4v) is 4.86. The molecule has 0 amide bonds. The monoisotopic (exact) mass is 540 g/mol. The molecule has 0 unspecified atom stereocenters. The molecule has 1 aromatic heterocycles. The summed E-state index contributed by atoms with van der Waals surface area (Å²) in [5.41, 5.74) is 1.66. The second-order valence-electron chi connectivity index (χ2n) is 7.79. The average molecular weight is 542 g/mol. The molecule has 0 aliphatic carbocycles. The van der Waals surface area contributed by atoms with Crippen molar-refractivity contribution in [3.05, 3.63) is 97.3 Å². The van der Waals surface area contributed by atoms with Crippen molar-refractivity contribution >= 4 is 44.5 Å². The molecule has 3 aromatic carbocycles. The Balaban J connectivity index is 1.55. The van der Waals surface area contributed by atoms with E-state index in [4.69, 9.17) is 30.2 Å². The molecule has 0 bridgehead atoms. The molecular weight excluding hydrogens is 524 g/mol. The molecule has 172 valence electrons. The lowest BCUT2D eigenvalue weighted by Crippen LogP contribution is -2.26. The van der Waals surface area contributed by atoms with Crippen LogP contribution in [0.1, 0.15) is 29.0 Å². The van der Waals surface area contributed by atoms with Crippen LogP contribution in [0.25, 0.3) is 11.0 Å². The standard InChI is InChI=1S/C26H18BrClO6/c1-31-20-8-6-14(10-15(20)13-32-22-9-7-16(27)11-19(22)28)18-12-23(29)34-25-17-4-2-3-5-21(17)33-26(30)24(18)25/h2-11,18H,12-13H2,1H3/t18-/m0/s1. The van der Waals surface area contributed by atoms with Gasteiger partial charge in [0.15, 0.2) is 5.75 Å². The van der Waals surface area contributed by atoms with Gasteiger partial charge in [0, 0.05) is 16.0 Å². The number of carbonyl (C=O) groups is 1. The largest absolute Gasteiger partial charge is 0.496 e. The first kappa shape index (κ1) is 22.5. The predicted octanol–water partition coefficient (Wildman–Crippen LogP) is 6.24. The van der Waals surface area contributed by atoms with Gasteiger partial charge in [-0.05, 0) is 48.0 Å². The molecule has 8 heteroatoms. The quantitative estimate of drug-likeness (QED) is 0.220. The van der Waals surface area contributed by atoms with Gasteiger partial charge < -0.3 is 18.6 Å². The molecule has 0 N–H and O–H groups in total. The Labute approximate surface area is 208 Å². The van der Waals surface area contributed by atoms with Gasteiger partial charge in [0.25, 0.3) is 0 Å². The molecule has 0 spiro atoms. The Bertz CT molecular complexity index is 1480. The molecule has 0 saturated heterocycles. The van der Waals surface area contributed by atoms with Gasteiger partial charge in [-0.15, -0.1) is 0 Å². The lowest BCUT2D eigenvalue weighted by atomic mass is 9.86. The van der Waals surface area contributed by atoms with Crippen molar-refractivity contribution in [1.82, 2.24) is 0 Å². The van der Waals surface area contributed by atoms with E-state index in [0.717, 1.165) is 15.6 Å². The van der Waals surface area contributed by atoms with Crippen LogP contribution in [-0.2, 0) is 11.4 Å². The number of methoxy groups -OCH3 is 1. The van der Waals surface area contributed by atoms with E-state index in [1.54, 1.807) is 49.6 Å². The Hall–Kier alpha value is -3.29. The minimum atomic E-state index is -0.530. The lowest BCUT2D eigenvalue weighted by molar-refractivity contribution is -0.135. The minimum Gasteiger partial charge on any atom is -0.496 e. The summed E-state index contributed by atoms with van der Waals surface area (Å²) in [4.78, 5) is 25.5. The van der Waals surface area contributed by atoms with Crippen molar-refractivity contribution < 1.29 is 23.4 Å². The maximum Gasteiger partial charge on any atom is 0.343 e. The Morgan fingerprint density at radius 1 is 1.06 bits per heavy atom. The van der Waals surface area contributed by atoms with E-state index in [0.29, 0.717) is 33.1 Å². The normalized spacial score (nSPS) is 15.0. The molecular formula is C26H18BrClO6. The molecule has 5 rings (SSSR count). The third-order valence-corrected chi connectivity index (χ3v) is 6.51. The van der Waals surface area contributed by atoms with E-state index in [-0.39, 0.29) is 18.8 Å². The molecule has 1 aliphatic heterocycles. The van der Waals surface area contributed by atoms with Crippen LogP contribution in [0.15, 0.2) is 74.3 Å². The van der Waals surface area contributed by atoms with E-state index in [2.05, 4.69) is 15.9 Å². The number of esters is 1. The van der Waals surface area contributed by atoms with Gasteiger partial charge in [-0.2, -0.15) is 0 Å². The SMILES string of the molecule is COc1ccc([C@@H]2CC(=O)Oc3c2c(=O)oc2ccccc32)cc1COc1ccc(Br)cc1Cl. The zero-order chi connectivity index (χ0) is 23.8. The molecule has 0 radical (unpaired) electrons. The second-order valence-corrected chi connectivity index (χ2v) is 9.12. The molecule has 34 heavy (non-hydrogen) atoms. The van der Waals surface area contributed by atoms with E-state index >= 15 is 0 Å². The summed E-state index contributed by atoms with van der Waals surface area (Å²) in [6.07, 6.45) is 0.0151. The summed E-state index contributed by atoms with van der Waals surface area (Å²) in [6, 6.07) is 17.8. The average Bonchev–Trinajstić information content (AvgIpc) is 2.83. The van der Waals surface area contributed by atoms with Crippen LogP contribution in [0, 0.1) is 0 Å². The number of para-hydroxylation sites is 1. The van der Waals surface area contributed by atoms with Gasteiger partial charge in [0.2, 0.25) is 0 Å². The molecule has 1 atom stereocenters. The van der Waals surface area contributed by atoms with Gasteiger partial charge in [0.1, 0.15) is 23.7 Å². The van der Waals surface area contributed by atoms with Gasteiger partial charge in [-0.3, -0.25) is 4.79 Å². The highest BCUT2D eigenvalue weighted by molar-refractivity contribution is 9.10. The maximum absolute atomic E-state index is 12.9. The van der Waals surface area contributed by atoms with Crippen molar-refractivity contribution in [3.63, 3.8) is 0 Å². The van der Waals surface area contributed by atoms with Crippen LogP contribution in [-0.4, -0.2) is 13.1 Å². The number of rotatable bonds is 5. The van der Waals surface area contributed by atoms with Crippen LogP contribution in [0.3, 0.4) is 0 Å². The zero-order valence-electron chi connectivity index (χ0n) is 18.0. The number of halogens is 2. The van der Waals surface area contributed by atoms with Crippen molar-refractivity contribution in [1.29, 1.82) is 0 Å². The van der Waals surface area contributed by atoms with Crippen molar-refractivity contribution in [2.45, 2.75) is 18.9 Å². The number of carbonyl (C=O) groups excluding carboxylic acids is 1. The molecule has 1 aliphatic rings. The van der Waals surface area contributed by atoms with Gasteiger partial charge in [-0.25, -0.2) is 4.79 Å². The zero-order valence-corrected chi connectivity index (χ0v) is 20.3. The van der Waals surface area contributed by atoms with E-state index in [1.807, 2.05) is 18.2 Å². The molecule has 4 aromatic rings. The Morgan fingerprint density at radius 3 is 2.65 bits per heavy atom. The maximum atomic E-state index is 12.9. The first-order valence-corrected chi connectivity index (χ1v) is 11.6. The topological polar surface area (TPSA) is 75.0 Å². The summed E-state index contributed by atoms with van der Waals surface area (Å²) in [5, 5.41) is 1.05. The number of ether oxygens (including phenoxy) is 3. The van der Waals surface area contributed by atoms with Gasteiger partial charge >= 0.3 is 11.6 Å². The fraction of sp³-hybridized carbons (Fsp3) is 0.154. The highest BCUT2D eigenvalue weighted by Gasteiger charge is 2.34. The molecule has 0 saturated carbocycles. The predicted molar refractivity (Wildman–Crippen MR) is 131 cm³/mol. The first-order valence-electron chi connectivity index (χ1n) is 10.5. The highest BCUT2D eigenvalue weighted by Crippen LogP contribution is 2.41. The van der Waals surface area contributed by atoms with Gasteiger partial charge in [-0.1, -0.05) is 45.7 Å². The number of benzene rings is 3. The van der Waals surface area contributed by atoms with Crippen LogP contribution in [0.4, 0.5) is 0 Å². The van der Waals surface area contributed by atoms with Crippen molar-refractivity contribution in [2.24, 2.45) is 0 Å².